The Morgan fingerprint density at radius 1 is 1.10 bits per heavy atom. The summed E-state index contributed by atoms with van der Waals surface area (Å²) in [6.07, 6.45) is 0.606. The Balaban J connectivity index is 1.98. The molecule has 162 valence electrons. The van der Waals surface area contributed by atoms with Crippen LogP contribution in [0.1, 0.15) is 34.0 Å². The molecule has 0 amide bonds. The van der Waals surface area contributed by atoms with Crippen LogP contribution in [0.4, 0.5) is 26.0 Å². The Kier molecular flexibility index (Phi) is 7.12. The first-order chi connectivity index (χ1) is 14.8. The molecule has 5 nitrogen and oxygen atoms in total. The number of hydrogen-bond donors (Lipinski definition) is 2. The second-order valence-corrected chi connectivity index (χ2v) is 8.12. The van der Waals surface area contributed by atoms with Gasteiger partial charge in [-0.05, 0) is 42.3 Å². The molecule has 0 atom stereocenters. The highest BCUT2D eigenvalue weighted by atomic mass is 32.2. The highest BCUT2D eigenvalue weighted by molar-refractivity contribution is 8.00. The summed E-state index contributed by atoms with van der Waals surface area (Å²) in [5.74, 6) is -0.00307. The van der Waals surface area contributed by atoms with E-state index in [-0.39, 0.29) is 29.1 Å². The smallest absolute Gasteiger partial charge is 0.255 e. The molecule has 0 radical (unpaired) electrons. The lowest BCUT2D eigenvalue weighted by atomic mass is 10.0. The maximum Gasteiger partial charge on any atom is 0.255 e. The summed E-state index contributed by atoms with van der Waals surface area (Å²) in [7, 11) is 1.49. The van der Waals surface area contributed by atoms with E-state index in [1.54, 1.807) is 37.3 Å². The van der Waals surface area contributed by atoms with Crippen LogP contribution in [0, 0.1) is 18.6 Å². The number of rotatable bonds is 8. The van der Waals surface area contributed by atoms with Crippen molar-refractivity contribution < 1.29 is 13.6 Å². The Morgan fingerprint density at radius 2 is 1.87 bits per heavy atom. The molecule has 0 unspecified atom stereocenters. The average molecular weight is 444 g/mol. The molecule has 8 heteroatoms. The van der Waals surface area contributed by atoms with Crippen LogP contribution < -0.4 is 15.6 Å². The van der Waals surface area contributed by atoms with Gasteiger partial charge < -0.3 is 10.0 Å². The van der Waals surface area contributed by atoms with Crippen molar-refractivity contribution in [3.63, 3.8) is 0 Å². The van der Waals surface area contributed by atoms with E-state index < -0.39 is 17.2 Å². The molecule has 0 fully saturated rings. The fourth-order valence-corrected chi connectivity index (χ4v) is 3.66. The molecule has 31 heavy (non-hydrogen) atoms. The van der Waals surface area contributed by atoms with Crippen molar-refractivity contribution in [1.29, 1.82) is 0 Å². The van der Waals surface area contributed by atoms with Crippen molar-refractivity contribution in [1.82, 2.24) is 4.57 Å². The van der Waals surface area contributed by atoms with E-state index in [1.807, 2.05) is 6.92 Å². The zero-order valence-electron chi connectivity index (χ0n) is 17.5. The fraction of sp³-hybridized carbons (Fsp3) is 0.217. The second-order valence-electron chi connectivity index (χ2n) is 7.05. The maximum absolute atomic E-state index is 14.8. The largest absolute Gasteiger partial charge is 0.339 e. The van der Waals surface area contributed by atoms with Crippen molar-refractivity contribution in [2.24, 2.45) is 7.05 Å². The maximum atomic E-state index is 14.8. The van der Waals surface area contributed by atoms with E-state index in [0.29, 0.717) is 17.5 Å². The van der Waals surface area contributed by atoms with Crippen molar-refractivity contribution in [2.75, 3.05) is 15.8 Å². The van der Waals surface area contributed by atoms with E-state index in [2.05, 4.69) is 10.0 Å². The van der Waals surface area contributed by atoms with Crippen LogP contribution in [-0.2, 0) is 13.5 Å². The van der Waals surface area contributed by atoms with E-state index in [4.69, 9.17) is 0 Å². The first-order valence-corrected chi connectivity index (χ1v) is 10.7. The quantitative estimate of drug-likeness (QED) is 0.370. The predicted octanol–water partition coefficient (Wildman–Crippen LogP) is 5.20. The number of nitrogens with zero attached hydrogens (tertiary/aromatic N) is 1. The standard InChI is InChI=1S/C23H23F2N3O2S/c1-4-31-27-20-7-5-6-15(21(20)25)11-16-12-17(13-29)22(28(3)23(16)30)26-19-9-8-14(2)10-18(19)24/h5-10,12-13,26-27H,4,11H2,1-3H3. The van der Waals surface area contributed by atoms with Crippen molar-refractivity contribution in [3.05, 3.63) is 86.7 Å². The van der Waals surface area contributed by atoms with Crippen LogP contribution in [0.5, 0.6) is 0 Å². The molecule has 0 saturated heterocycles. The molecule has 3 rings (SSSR count). The number of carbonyl (C=O) groups excluding carboxylic acids is 1. The molecule has 0 spiro atoms. The highest BCUT2D eigenvalue weighted by Crippen LogP contribution is 2.25. The minimum absolute atomic E-state index is 0.0187. The van der Waals surface area contributed by atoms with Crippen LogP contribution in [-0.4, -0.2) is 16.6 Å². The van der Waals surface area contributed by atoms with Crippen LogP contribution >= 0.6 is 11.9 Å². The van der Waals surface area contributed by atoms with Crippen LogP contribution in [0.3, 0.4) is 0 Å². The van der Waals surface area contributed by atoms with E-state index in [9.17, 15) is 18.4 Å². The monoisotopic (exact) mass is 443 g/mol. The molecule has 1 aromatic heterocycles. The third kappa shape index (κ3) is 4.96. The molecule has 0 aliphatic heterocycles. The van der Waals surface area contributed by atoms with Gasteiger partial charge in [0, 0.05) is 24.8 Å². The third-order valence-corrected chi connectivity index (χ3v) is 5.46. The minimum atomic E-state index is -0.496. The normalized spacial score (nSPS) is 10.7. The Labute approximate surface area is 183 Å². The number of carbonyl (C=O) groups is 1. The summed E-state index contributed by atoms with van der Waals surface area (Å²) in [5, 5.41) is 2.83. The predicted molar refractivity (Wildman–Crippen MR) is 122 cm³/mol. The summed E-state index contributed by atoms with van der Waals surface area (Å²) < 4.78 is 33.3. The number of aldehydes is 1. The number of halogens is 2. The Hall–Kier alpha value is -3.13. The number of pyridine rings is 1. The Morgan fingerprint density at radius 3 is 2.55 bits per heavy atom. The molecule has 2 aromatic carbocycles. The van der Waals surface area contributed by atoms with Crippen LogP contribution in [0.15, 0.2) is 47.3 Å². The van der Waals surface area contributed by atoms with E-state index in [0.717, 1.165) is 11.3 Å². The van der Waals surface area contributed by atoms with Gasteiger partial charge in [0.15, 0.2) is 12.1 Å². The summed E-state index contributed by atoms with van der Waals surface area (Å²) in [6.45, 7) is 3.71. The van der Waals surface area contributed by atoms with Crippen molar-refractivity contribution >= 4 is 35.4 Å². The Bertz CT molecular complexity index is 1180. The fourth-order valence-electron chi connectivity index (χ4n) is 3.20. The average Bonchev–Trinajstić information content (AvgIpc) is 2.75. The van der Waals surface area contributed by atoms with Gasteiger partial charge in [0.1, 0.15) is 11.6 Å². The molecular weight excluding hydrogens is 420 g/mol. The molecular formula is C23H23F2N3O2S. The van der Waals surface area contributed by atoms with Crippen LogP contribution in [0.2, 0.25) is 0 Å². The molecule has 0 aliphatic carbocycles. The van der Waals surface area contributed by atoms with Gasteiger partial charge in [-0.2, -0.15) is 0 Å². The van der Waals surface area contributed by atoms with Crippen LogP contribution in [0.25, 0.3) is 0 Å². The van der Waals surface area contributed by atoms with Gasteiger partial charge in [-0.1, -0.05) is 37.1 Å². The SMILES string of the molecule is CCSNc1cccc(Cc2cc(C=O)c(Nc3ccc(C)cc3F)n(C)c2=O)c1F. The zero-order chi connectivity index (χ0) is 22.5. The first kappa shape index (κ1) is 22.6. The number of aromatic nitrogens is 1. The number of aryl methyl sites for hydroxylation is 1. The summed E-state index contributed by atoms with van der Waals surface area (Å²) in [5.41, 5.74) is 1.60. The number of anilines is 3. The summed E-state index contributed by atoms with van der Waals surface area (Å²) in [6, 6.07) is 11.0. The number of benzene rings is 2. The zero-order valence-corrected chi connectivity index (χ0v) is 18.3. The second kappa shape index (κ2) is 9.78. The van der Waals surface area contributed by atoms with Gasteiger partial charge in [-0.3, -0.25) is 14.2 Å². The molecule has 0 bridgehead atoms. The third-order valence-electron chi connectivity index (χ3n) is 4.81. The van der Waals surface area contributed by atoms with Gasteiger partial charge in [0.05, 0.1) is 16.9 Å². The first-order valence-electron chi connectivity index (χ1n) is 9.72. The summed E-state index contributed by atoms with van der Waals surface area (Å²) in [4.78, 5) is 24.7. The van der Waals surface area contributed by atoms with E-state index >= 15 is 0 Å². The lowest BCUT2D eigenvalue weighted by Crippen LogP contribution is -2.25. The van der Waals surface area contributed by atoms with Gasteiger partial charge >= 0.3 is 0 Å². The topological polar surface area (TPSA) is 63.1 Å². The lowest BCUT2D eigenvalue weighted by molar-refractivity contribution is 0.112. The molecule has 2 N–H and O–H groups in total. The lowest BCUT2D eigenvalue weighted by Gasteiger charge is -2.16. The summed E-state index contributed by atoms with van der Waals surface area (Å²) >= 11 is 1.37. The number of nitrogens with one attached hydrogen (secondary N) is 2. The van der Waals surface area contributed by atoms with Gasteiger partial charge in [0.25, 0.3) is 5.56 Å². The molecule has 0 saturated carbocycles. The van der Waals surface area contributed by atoms with Gasteiger partial charge in [-0.15, -0.1) is 0 Å². The molecule has 3 aromatic rings. The van der Waals surface area contributed by atoms with Gasteiger partial charge in [-0.25, -0.2) is 8.78 Å². The van der Waals surface area contributed by atoms with Gasteiger partial charge in [0.2, 0.25) is 0 Å². The minimum Gasteiger partial charge on any atom is -0.339 e. The van der Waals surface area contributed by atoms with E-state index in [1.165, 1.54) is 35.7 Å². The molecule has 1 heterocycles. The van der Waals surface area contributed by atoms with Crippen molar-refractivity contribution in [2.45, 2.75) is 20.3 Å². The van der Waals surface area contributed by atoms with Crippen molar-refractivity contribution in [3.8, 4) is 0 Å². The molecule has 0 aliphatic rings. The highest BCUT2D eigenvalue weighted by Gasteiger charge is 2.16. The number of hydrogen-bond acceptors (Lipinski definition) is 5.